The summed E-state index contributed by atoms with van der Waals surface area (Å²) in [5, 5.41) is 22.3. The lowest BCUT2D eigenvalue weighted by Crippen LogP contribution is -2.42. The molecule has 2 rings (SSSR count). The molecule has 2 N–H and O–H groups in total. The molecule has 1 aliphatic rings. The van der Waals surface area contributed by atoms with E-state index >= 15 is 0 Å². The molecule has 0 unspecified atom stereocenters. The number of hydrogen-bond donors (Lipinski definition) is 2. The van der Waals surface area contributed by atoms with Gasteiger partial charge in [0.2, 0.25) is 0 Å². The number of carbonyl (C=O) groups is 1. The lowest BCUT2D eigenvalue weighted by atomic mass is 10.0. The van der Waals surface area contributed by atoms with Crippen molar-refractivity contribution in [2.75, 3.05) is 18.5 Å². The summed E-state index contributed by atoms with van der Waals surface area (Å²) in [6.45, 7) is 1.99. The fourth-order valence-corrected chi connectivity index (χ4v) is 2.73. The molecule has 0 saturated carbocycles. The quantitative estimate of drug-likeness (QED) is 0.649. The minimum absolute atomic E-state index is 0.0725. The number of anilines is 1. The van der Waals surface area contributed by atoms with E-state index in [0.29, 0.717) is 25.1 Å². The largest absolute Gasteiger partial charge is 0.423 e. The summed E-state index contributed by atoms with van der Waals surface area (Å²) in [6.07, 6.45) is -4.24. The molecule has 1 aromatic carbocycles. The second-order valence-corrected chi connectivity index (χ2v) is 5.63. The molecule has 24 heavy (non-hydrogen) atoms. The first-order valence-electron chi connectivity index (χ1n) is 7.19. The van der Waals surface area contributed by atoms with Gasteiger partial charge in [-0.2, -0.15) is 13.2 Å². The van der Waals surface area contributed by atoms with E-state index < -0.39 is 34.4 Å². The molecule has 1 fully saturated rings. The summed E-state index contributed by atoms with van der Waals surface area (Å²) in [5.74, 6) is 0.0725. The number of hydrogen-bond acceptors (Lipinski definition) is 4. The SMILES string of the molecule is C[C@H]1CCN(C(=O)Nc2ccc([N+](=O)[O-])c(C(F)(F)F)c2)[C@H]1CO. The van der Waals surface area contributed by atoms with E-state index in [4.69, 9.17) is 0 Å². The van der Waals surface area contributed by atoms with Crippen LogP contribution in [-0.2, 0) is 6.18 Å². The highest BCUT2D eigenvalue weighted by Gasteiger charge is 2.39. The van der Waals surface area contributed by atoms with Gasteiger partial charge in [0.05, 0.1) is 17.6 Å². The van der Waals surface area contributed by atoms with E-state index in [9.17, 15) is 33.2 Å². The van der Waals surface area contributed by atoms with Crippen molar-refractivity contribution < 1.29 is 28.0 Å². The minimum atomic E-state index is -4.92. The number of alkyl halides is 3. The Balaban J connectivity index is 2.24. The van der Waals surface area contributed by atoms with Gasteiger partial charge in [-0.15, -0.1) is 0 Å². The summed E-state index contributed by atoms with van der Waals surface area (Å²) >= 11 is 0. The average molecular weight is 347 g/mol. The number of nitro groups is 1. The Kier molecular flexibility index (Phi) is 4.97. The molecule has 0 spiro atoms. The van der Waals surface area contributed by atoms with Gasteiger partial charge in [-0.3, -0.25) is 10.1 Å². The van der Waals surface area contributed by atoms with Crippen molar-refractivity contribution in [3.8, 4) is 0 Å². The van der Waals surface area contributed by atoms with Gasteiger partial charge in [-0.05, 0) is 24.5 Å². The Hall–Kier alpha value is -2.36. The Morgan fingerprint density at radius 1 is 1.50 bits per heavy atom. The molecule has 1 saturated heterocycles. The number of carbonyl (C=O) groups excluding carboxylic acids is 1. The monoisotopic (exact) mass is 347 g/mol. The van der Waals surface area contributed by atoms with Crippen molar-refractivity contribution in [3.05, 3.63) is 33.9 Å². The standard InChI is InChI=1S/C14H16F3N3O4/c1-8-4-5-19(12(8)7-21)13(22)18-9-2-3-11(20(23)24)10(6-9)14(15,16)17/h2-3,6,8,12,21H,4-5,7H2,1H3,(H,18,22)/t8-,12-/m0/s1. The van der Waals surface area contributed by atoms with E-state index in [1.807, 2.05) is 6.92 Å². The molecule has 132 valence electrons. The van der Waals surface area contributed by atoms with Crippen LogP contribution in [0.15, 0.2) is 18.2 Å². The Bertz CT molecular complexity index is 651. The fourth-order valence-electron chi connectivity index (χ4n) is 2.73. The number of halogens is 3. The number of nitro benzene ring substituents is 1. The molecule has 0 aliphatic carbocycles. The molecule has 2 atom stereocenters. The predicted octanol–water partition coefficient (Wildman–Crippen LogP) is 2.85. The molecular formula is C14H16F3N3O4. The van der Waals surface area contributed by atoms with Gasteiger partial charge in [-0.25, -0.2) is 4.79 Å². The Labute approximate surface area is 135 Å². The van der Waals surface area contributed by atoms with Crippen molar-refractivity contribution in [2.45, 2.75) is 25.6 Å². The van der Waals surface area contributed by atoms with E-state index in [0.717, 1.165) is 6.07 Å². The van der Waals surface area contributed by atoms with E-state index in [-0.39, 0.29) is 18.2 Å². The van der Waals surface area contributed by atoms with Crippen molar-refractivity contribution in [1.29, 1.82) is 0 Å². The summed E-state index contributed by atoms with van der Waals surface area (Å²) < 4.78 is 38.8. The maximum atomic E-state index is 12.9. The first-order valence-corrected chi connectivity index (χ1v) is 7.19. The van der Waals surface area contributed by atoms with Gasteiger partial charge in [-0.1, -0.05) is 6.92 Å². The number of amides is 2. The number of nitrogens with one attached hydrogen (secondary N) is 1. The number of urea groups is 1. The Morgan fingerprint density at radius 3 is 2.71 bits per heavy atom. The van der Waals surface area contributed by atoms with Crippen LogP contribution in [-0.4, -0.2) is 40.2 Å². The maximum absolute atomic E-state index is 12.9. The summed E-state index contributed by atoms with van der Waals surface area (Å²) in [4.78, 5) is 23.1. The molecular weight excluding hydrogens is 331 g/mol. The highest BCUT2D eigenvalue weighted by atomic mass is 19.4. The molecule has 0 bridgehead atoms. The Morgan fingerprint density at radius 2 is 2.17 bits per heavy atom. The van der Waals surface area contributed by atoms with Crippen LogP contribution in [0.1, 0.15) is 18.9 Å². The lowest BCUT2D eigenvalue weighted by Gasteiger charge is -2.25. The second kappa shape index (κ2) is 6.63. The first-order chi connectivity index (χ1) is 11.1. The van der Waals surface area contributed by atoms with Crippen molar-refractivity contribution in [2.24, 2.45) is 5.92 Å². The van der Waals surface area contributed by atoms with Gasteiger partial charge < -0.3 is 15.3 Å². The third-order valence-electron chi connectivity index (χ3n) is 4.08. The third kappa shape index (κ3) is 3.58. The number of aliphatic hydroxyl groups excluding tert-OH is 1. The van der Waals surface area contributed by atoms with E-state index in [2.05, 4.69) is 5.32 Å². The molecule has 2 amide bonds. The number of benzene rings is 1. The zero-order valence-electron chi connectivity index (χ0n) is 12.7. The number of nitrogens with zero attached hydrogens (tertiary/aromatic N) is 2. The van der Waals surface area contributed by atoms with E-state index in [1.54, 1.807) is 0 Å². The molecule has 1 aromatic rings. The normalized spacial score (nSPS) is 21.0. The summed E-state index contributed by atoms with van der Waals surface area (Å²) in [7, 11) is 0. The number of likely N-dealkylation sites (tertiary alicyclic amines) is 1. The summed E-state index contributed by atoms with van der Waals surface area (Å²) in [6, 6.07) is 1.21. The van der Waals surface area contributed by atoms with Crippen LogP contribution in [0, 0.1) is 16.0 Å². The molecule has 7 nitrogen and oxygen atoms in total. The highest BCUT2D eigenvalue weighted by Crippen LogP contribution is 2.37. The van der Waals surface area contributed by atoms with Gasteiger partial charge >= 0.3 is 12.2 Å². The first kappa shape index (κ1) is 18.0. The fraction of sp³-hybridized carbons (Fsp3) is 0.500. The van der Waals surface area contributed by atoms with Crippen molar-refractivity contribution >= 4 is 17.4 Å². The minimum Gasteiger partial charge on any atom is -0.394 e. The van der Waals surface area contributed by atoms with Gasteiger partial charge in [0, 0.05) is 18.3 Å². The second-order valence-electron chi connectivity index (χ2n) is 5.63. The maximum Gasteiger partial charge on any atom is 0.423 e. The topological polar surface area (TPSA) is 95.7 Å². The van der Waals surface area contributed by atoms with Gasteiger partial charge in [0.1, 0.15) is 5.56 Å². The van der Waals surface area contributed by atoms with Gasteiger partial charge in [0.25, 0.3) is 5.69 Å². The van der Waals surface area contributed by atoms with Crippen LogP contribution in [0.3, 0.4) is 0 Å². The molecule has 0 radical (unpaired) electrons. The molecule has 1 heterocycles. The van der Waals surface area contributed by atoms with Crippen LogP contribution in [0.2, 0.25) is 0 Å². The molecule has 10 heteroatoms. The van der Waals surface area contributed by atoms with Gasteiger partial charge in [0.15, 0.2) is 0 Å². The van der Waals surface area contributed by atoms with Crippen molar-refractivity contribution in [1.82, 2.24) is 4.90 Å². The van der Waals surface area contributed by atoms with Crippen LogP contribution in [0.5, 0.6) is 0 Å². The lowest BCUT2D eigenvalue weighted by molar-refractivity contribution is -0.388. The molecule has 0 aromatic heterocycles. The van der Waals surface area contributed by atoms with Crippen molar-refractivity contribution in [3.63, 3.8) is 0 Å². The third-order valence-corrected chi connectivity index (χ3v) is 4.08. The zero-order valence-corrected chi connectivity index (χ0v) is 12.7. The smallest absolute Gasteiger partial charge is 0.394 e. The van der Waals surface area contributed by atoms with E-state index in [1.165, 1.54) is 4.90 Å². The number of rotatable bonds is 3. The van der Waals surface area contributed by atoms with Crippen LogP contribution < -0.4 is 5.32 Å². The molecule has 1 aliphatic heterocycles. The number of aliphatic hydroxyl groups is 1. The zero-order chi connectivity index (χ0) is 18.1. The van der Waals surface area contributed by atoms with Crippen LogP contribution >= 0.6 is 0 Å². The summed E-state index contributed by atoms with van der Waals surface area (Å²) in [5.41, 5.74) is -2.71. The van der Waals surface area contributed by atoms with Crippen LogP contribution in [0.25, 0.3) is 0 Å². The van der Waals surface area contributed by atoms with Crippen LogP contribution in [0.4, 0.5) is 29.3 Å². The average Bonchev–Trinajstić information content (AvgIpc) is 2.87. The predicted molar refractivity (Wildman–Crippen MR) is 78.5 cm³/mol. The highest BCUT2D eigenvalue weighted by molar-refractivity contribution is 5.90.